The summed E-state index contributed by atoms with van der Waals surface area (Å²) in [6.45, 7) is 2.09. The van der Waals surface area contributed by atoms with Crippen molar-refractivity contribution >= 4 is 17.8 Å². The lowest BCUT2D eigenvalue weighted by atomic mass is 10.1. The van der Waals surface area contributed by atoms with Crippen LogP contribution in [0.4, 0.5) is 4.79 Å². The van der Waals surface area contributed by atoms with Crippen molar-refractivity contribution in [1.82, 2.24) is 15.5 Å². The molecule has 140 valence electrons. The fourth-order valence-electron chi connectivity index (χ4n) is 2.98. The van der Waals surface area contributed by atoms with Crippen LogP contribution in [-0.4, -0.2) is 35.3 Å². The van der Waals surface area contributed by atoms with E-state index in [1.807, 2.05) is 61.5 Å². The zero-order chi connectivity index (χ0) is 19.2. The third-order valence-electron chi connectivity index (χ3n) is 4.58. The highest BCUT2D eigenvalue weighted by molar-refractivity contribution is 6.06. The van der Waals surface area contributed by atoms with Gasteiger partial charge in [0.1, 0.15) is 12.6 Å². The highest BCUT2D eigenvalue weighted by Crippen LogP contribution is 2.13. The predicted molar refractivity (Wildman–Crippen MR) is 102 cm³/mol. The minimum Gasteiger partial charge on any atom is -0.350 e. The summed E-state index contributed by atoms with van der Waals surface area (Å²) in [5.74, 6) is -0.704. The number of nitrogens with one attached hydrogen (secondary N) is 2. The number of amides is 4. The second kappa shape index (κ2) is 8.49. The van der Waals surface area contributed by atoms with Gasteiger partial charge in [0.15, 0.2) is 0 Å². The van der Waals surface area contributed by atoms with Gasteiger partial charge in [-0.15, -0.1) is 0 Å². The van der Waals surface area contributed by atoms with Gasteiger partial charge in [-0.3, -0.25) is 14.5 Å². The van der Waals surface area contributed by atoms with Gasteiger partial charge in [-0.2, -0.15) is 0 Å². The predicted octanol–water partition coefficient (Wildman–Crippen LogP) is 2.16. The second-order valence-electron chi connectivity index (χ2n) is 6.71. The molecule has 0 radical (unpaired) electrons. The van der Waals surface area contributed by atoms with E-state index in [9.17, 15) is 14.4 Å². The minimum atomic E-state index is -0.581. The van der Waals surface area contributed by atoms with Crippen LogP contribution in [0.1, 0.15) is 23.1 Å². The van der Waals surface area contributed by atoms with Crippen LogP contribution >= 0.6 is 0 Å². The third-order valence-corrected chi connectivity index (χ3v) is 4.58. The summed E-state index contributed by atoms with van der Waals surface area (Å²) in [5, 5.41) is 5.41. The molecule has 1 saturated heterocycles. The first-order valence-corrected chi connectivity index (χ1v) is 9.01. The SMILES string of the molecule is Cc1ccc(CNC(=O)CN2C(=O)N[C@H](CCc3ccccc3)C2=O)cc1. The van der Waals surface area contributed by atoms with Gasteiger partial charge >= 0.3 is 6.03 Å². The molecule has 6 heteroatoms. The van der Waals surface area contributed by atoms with E-state index in [4.69, 9.17) is 0 Å². The highest BCUT2D eigenvalue weighted by atomic mass is 16.2. The molecule has 2 N–H and O–H groups in total. The van der Waals surface area contributed by atoms with Gasteiger partial charge in [-0.05, 0) is 30.9 Å². The van der Waals surface area contributed by atoms with E-state index in [1.165, 1.54) is 0 Å². The lowest BCUT2D eigenvalue weighted by Crippen LogP contribution is -2.41. The van der Waals surface area contributed by atoms with E-state index < -0.39 is 12.1 Å². The molecule has 2 aromatic rings. The highest BCUT2D eigenvalue weighted by Gasteiger charge is 2.38. The van der Waals surface area contributed by atoms with Gasteiger partial charge < -0.3 is 10.6 Å². The average molecular weight is 365 g/mol. The molecule has 1 fully saturated rings. The number of urea groups is 1. The molecule has 0 aromatic heterocycles. The normalized spacial score (nSPS) is 16.3. The Labute approximate surface area is 158 Å². The molecule has 0 unspecified atom stereocenters. The summed E-state index contributed by atoms with van der Waals surface area (Å²) in [7, 11) is 0. The van der Waals surface area contributed by atoms with Crippen molar-refractivity contribution in [1.29, 1.82) is 0 Å². The molecule has 0 saturated carbocycles. The van der Waals surface area contributed by atoms with E-state index in [0.717, 1.165) is 21.6 Å². The number of carbonyl (C=O) groups excluding carboxylic acids is 3. The van der Waals surface area contributed by atoms with Crippen LogP contribution in [0.5, 0.6) is 0 Å². The molecule has 0 spiro atoms. The maximum atomic E-state index is 12.4. The van der Waals surface area contributed by atoms with E-state index in [-0.39, 0.29) is 18.4 Å². The zero-order valence-corrected chi connectivity index (χ0v) is 15.3. The average Bonchev–Trinajstić information content (AvgIpc) is 2.94. The van der Waals surface area contributed by atoms with Crippen LogP contribution in [0.2, 0.25) is 0 Å². The summed E-state index contributed by atoms with van der Waals surface area (Å²) in [6, 6.07) is 16.5. The smallest absolute Gasteiger partial charge is 0.325 e. The molecule has 3 rings (SSSR count). The standard InChI is InChI=1S/C21H23N3O3/c1-15-7-9-17(10-8-15)13-22-19(25)14-24-20(26)18(23-21(24)27)12-11-16-5-3-2-4-6-16/h2-10,18H,11-14H2,1H3,(H,22,25)(H,23,27)/t18-/m1/s1. The van der Waals surface area contributed by atoms with Gasteiger partial charge in [0.2, 0.25) is 5.91 Å². The fourth-order valence-corrected chi connectivity index (χ4v) is 2.98. The molecule has 1 atom stereocenters. The van der Waals surface area contributed by atoms with Crippen molar-refractivity contribution in [2.45, 2.75) is 32.4 Å². The van der Waals surface area contributed by atoms with Crippen molar-refractivity contribution in [3.8, 4) is 0 Å². The third kappa shape index (κ3) is 4.94. The van der Waals surface area contributed by atoms with Gasteiger partial charge in [0.25, 0.3) is 5.91 Å². The summed E-state index contributed by atoms with van der Waals surface area (Å²) in [6.07, 6.45) is 1.20. The number of hydrogen-bond donors (Lipinski definition) is 2. The van der Waals surface area contributed by atoms with Gasteiger partial charge in [0.05, 0.1) is 0 Å². The quantitative estimate of drug-likeness (QED) is 0.738. The number of benzene rings is 2. The number of nitrogens with zero attached hydrogens (tertiary/aromatic N) is 1. The first-order chi connectivity index (χ1) is 13.0. The van der Waals surface area contributed by atoms with Crippen molar-refractivity contribution < 1.29 is 14.4 Å². The van der Waals surface area contributed by atoms with Crippen LogP contribution < -0.4 is 10.6 Å². The van der Waals surface area contributed by atoms with Crippen LogP contribution in [-0.2, 0) is 22.6 Å². The molecule has 1 aliphatic heterocycles. The zero-order valence-electron chi connectivity index (χ0n) is 15.3. The van der Waals surface area contributed by atoms with E-state index >= 15 is 0 Å². The summed E-state index contributed by atoms with van der Waals surface area (Å²) >= 11 is 0. The monoisotopic (exact) mass is 365 g/mol. The summed E-state index contributed by atoms with van der Waals surface area (Å²) in [4.78, 5) is 37.6. The first-order valence-electron chi connectivity index (χ1n) is 9.01. The number of carbonyl (C=O) groups is 3. The largest absolute Gasteiger partial charge is 0.350 e. The van der Waals surface area contributed by atoms with Crippen molar-refractivity contribution in [2.24, 2.45) is 0 Å². The maximum Gasteiger partial charge on any atom is 0.325 e. The lowest BCUT2D eigenvalue weighted by molar-refractivity contribution is -0.132. The number of hydrogen-bond acceptors (Lipinski definition) is 3. The molecule has 27 heavy (non-hydrogen) atoms. The molecular formula is C21H23N3O3. The van der Waals surface area contributed by atoms with Crippen molar-refractivity contribution in [2.75, 3.05) is 6.54 Å². The summed E-state index contributed by atoms with van der Waals surface area (Å²) in [5.41, 5.74) is 3.21. The van der Waals surface area contributed by atoms with Crippen molar-refractivity contribution in [3.05, 3.63) is 71.3 Å². The molecule has 1 aliphatic rings. The van der Waals surface area contributed by atoms with Crippen LogP contribution in [0.3, 0.4) is 0 Å². The van der Waals surface area contributed by atoms with Gasteiger partial charge in [0, 0.05) is 6.54 Å². The molecule has 0 bridgehead atoms. The fraction of sp³-hybridized carbons (Fsp3) is 0.286. The molecular weight excluding hydrogens is 342 g/mol. The molecule has 1 heterocycles. The van der Waals surface area contributed by atoms with Crippen LogP contribution in [0.15, 0.2) is 54.6 Å². The minimum absolute atomic E-state index is 0.266. The van der Waals surface area contributed by atoms with E-state index in [2.05, 4.69) is 10.6 Å². The molecule has 4 amide bonds. The summed E-state index contributed by atoms with van der Waals surface area (Å²) < 4.78 is 0. The Hall–Kier alpha value is -3.15. The Morgan fingerprint density at radius 2 is 1.74 bits per heavy atom. The van der Waals surface area contributed by atoms with Gasteiger partial charge in [-0.25, -0.2) is 4.79 Å². The number of imide groups is 1. The molecule has 0 aliphatic carbocycles. The lowest BCUT2D eigenvalue weighted by Gasteiger charge is -2.13. The molecule has 6 nitrogen and oxygen atoms in total. The Morgan fingerprint density at radius 1 is 1.04 bits per heavy atom. The maximum absolute atomic E-state index is 12.4. The topological polar surface area (TPSA) is 78.5 Å². The number of aryl methyl sites for hydroxylation is 2. The van der Waals surface area contributed by atoms with Crippen LogP contribution in [0, 0.1) is 6.92 Å². The first kappa shape index (κ1) is 18.6. The Bertz CT molecular complexity index is 818. The van der Waals surface area contributed by atoms with E-state index in [0.29, 0.717) is 19.4 Å². The second-order valence-corrected chi connectivity index (χ2v) is 6.71. The number of rotatable bonds is 7. The Morgan fingerprint density at radius 3 is 2.44 bits per heavy atom. The molecule has 2 aromatic carbocycles. The van der Waals surface area contributed by atoms with E-state index in [1.54, 1.807) is 0 Å². The van der Waals surface area contributed by atoms with Gasteiger partial charge in [-0.1, -0.05) is 60.2 Å². The van der Waals surface area contributed by atoms with Crippen LogP contribution in [0.25, 0.3) is 0 Å². The Kier molecular flexibility index (Phi) is 5.86. The Balaban J connectivity index is 1.49. The van der Waals surface area contributed by atoms with Crippen molar-refractivity contribution in [3.63, 3.8) is 0 Å².